The fraction of sp³-hybridized carbons (Fsp3) is 0.429. The van der Waals surface area contributed by atoms with Gasteiger partial charge in [0.2, 0.25) is 0 Å². The number of ketones is 1. The van der Waals surface area contributed by atoms with Crippen LogP contribution < -0.4 is 0 Å². The molecular weight excluding hydrogens is 231 g/mol. The van der Waals surface area contributed by atoms with Crippen LogP contribution in [0.15, 0.2) is 24.3 Å². The van der Waals surface area contributed by atoms with E-state index >= 15 is 0 Å². The molecule has 0 saturated carbocycles. The second-order valence-corrected chi connectivity index (χ2v) is 4.53. The van der Waals surface area contributed by atoms with E-state index in [1.165, 1.54) is 6.07 Å². The summed E-state index contributed by atoms with van der Waals surface area (Å²) < 4.78 is 13.3. The van der Waals surface area contributed by atoms with Gasteiger partial charge in [0, 0.05) is 13.0 Å². The van der Waals surface area contributed by atoms with Crippen molar-refractivity contribution in [1.29, 1.82) is 5.26 Å². The quantitative estimate of drug-likeness (QED) is 0.773. The van der Waals surface area contributed by atoms with E-state index in [2.05, 4.69) is 6.07 Å². The number of carbonyl (C=O) groups is 1. The van der Waals surface area contributed by atoms with Crippen molar-refractivity contribution in [2.75, 3.05) is 20.1 Å². The van der Waals surface area contributed by atoms with Gasteiger partial charge in [-0.2, -0.15) is 5.26 Å². The molecule has 0 bridgehead atoms. The van der Waals surface area contributed by atoms with Crippen LogP contribution in [0.2, 0.25) is 0 Å². The predicted molar refractivity (Wildman–Crippen MR) is 67.4 cm³/mol. The number of hydrogen-bond acceptors (Lipinski definition) is 3. The maximum atomic E-state index is 13.3. The topological polar surface area (TPSA) is 44.1 Å². The van der Waals surface area contributed by atoms with E-state index in [1.54, 1.807) is 37.1 Å². The van der Waals surface area contributed by atoms with E-state index in [4.69, 9.17) is 5.26 Å². The van der Waals surface area contributed by atoms with Crippen LogP contribution in [0.25, 0.3) is 0 Å². The summed E-state index contributed by atoms with van der Waals surface area (Å²) in [5, 5.41) is 8.68. The Labute approximate surface area is 107 Å². The van der Waals surface area contributed by atoms with Gasteiger partial charge < -0.3 is 0 Å². The molecule has 0 aliphatic heterocycles. The van der Waals surface area contributed by atoms with Crippen LogP contribution in [-0.4, -0.2) is 30.8 Å². The molecule has 1 aromatic rings. The maximum Gasteiger partial charge on any atom is 0.151 e. The van der Waals surface area contributed by atoms with Crippen molar-refractivity contribution in [2.45, 2.75) is 13.3 Å². The molecule has 1 atom stereocenters. The molecule has 0 N–H and O–H groups in total. The Hall–Kier alpha value is -1.73. The number of nitriles is 1. The number of likely N-dealkylation sites (N-methyl/N-ethyl adjacent to an activating group) is 1. The Morgan fingerprint density at radius 3 is 2.78 bits per heavy atom. The molecule has 0 aliphatic carbocycles. The largest absolute Gasteiger partial charge is 0.298 e. The van der Waals surface area contributed by atoms with E-state index in [0.29, 0.717) is 12.1 Å². The molecule has 0 heterocycles. The lowest BCUT2D eigenvalue weighted by molar-refractivity contribution is -0.119. The molecule has 18 heavy (non-hydrogen) atoms. The highest BCUT2D eigenvalue weighted by molar-refractivity contribution is 5.82. The van der Waals surface area contributed by atoms with Gasteiger partial charge in [-0.1, -0.05) is 18.2 Å². The van der Waals surface area contributed by atoms with E-state index in [-0.39, 0.29) is 30.5 Å². The van der Waals surface area contributed by atoms with Crippen molar-refractivity contribution in [3.8, 4) is 6.07 Å². The first-order valence-electron chi connectivity index (χ1n) is 5.86. The Kier molecular flexibility index (Phi) is 5.47. The van der Waals surface area contributed by atoms with Gasteiger partial charge in [0.05, 0.1) is 18.5 Å². The van der Waals surface area contributed by atoms with Crippen LogP contribution >= 0.6 is 0 Å². The lowest BCUT2D eigenvalue weighted by atomic mass is 10.1. The molecule has 1 unspecified atom stereocenters. The Morgan fingerprint density at radius 1 is 1.50 bits per heavy atom. The van der Waals surface area contributed by atoms with Crippen LogP contribution in [-0.2, 0) is 11.2 Å². The number of hydrogen-bond donors (Lipinski definition) is 0. The molecule has 0 radical (unpaired) electrons. The SMILES string of the molecule is CC(C#N)CN(C)CC(=O)Cc1ccccc1F. The minimum atomic E-state index is -0.348. The number of Topliss-reactive ketones (excluding diaryl/α,β-unsaturated/α-hetero) is 1. The van der Waals surface area contributed by atoms with Gasteiger partial charge in [0.25, 0.3) is 0 Å². The molecule has 1 aromatic carbocycles. The predicted octanol–water partition coefficient (Wildman–Crippen LogP) is 2.03. The van der Waals surface area contributed by atoms with Crippen molar-refractivity contribution in [3.05, 3.63) is 35.6 Å². The number of rotatable bonds is 6. The van der Waals surface area contributed by atoms with Crippen molar-refractivity contribution in [3.63, 3.8) is 0 Å². The van der Waals surface area contributed by atoms with Gasteiger partial charge >= 0.3 is 0 Å². The first kappa shape index (κ1) is 14.3. The summed E-state index contributed by atoms with van der Waals surface area (Å²) in [4.78, 5) is 13.5. The Bertz CT molecular complexity index is 453. The molecule has 0 amide bonds. The zero-order chi connectivity index (χ0) is 13.5. The maximum absolute atomic E-state index is 13.3. The van der Waals surface area contributed by atoms with Crippen molar-refractivity contribution >= 4 is 5.78 Å². The van der Waals surface area contributed by atoms with Crippen LogP contribution in [0.3, 0.4) is 0 Å². The van der Waals surface area contributed by atoms with Gasteiger partial charge in [0.1, 0.15) is 5.82 Å². The normalized spacial score (nSPS) is 12.2. The second kappa shape index (κ2) is 6.87. The molecule has 96 valence electrons. The van der Waals surface area contributed by atoms with E-state index in [0.717, 1.165) is 0 Å². The molecule has 0 fully saturated rings. The molecule has 1 rings (SSSR count). The van der Waals surface area contributed by atoms with Crippen molar-refractivity contribution in [1.82, 2.24) is 4.90 Å². The standard InChI is InChI=1S/C14H17FN2O/c1-11(8-16)9-17(2)10-13(18)7-12-5-3-4-6-14(12)15/h3-6,11H,7,9-10H2,1-2H3. The van der Waals surface area contributed by atoms with Gasteiger partial charge in [-0.3, -0.25) is 9.69 Å². The van der Waals surface area contributed by atoms with E-state index < -0.39 is 0 Å². The summed E-state index contributed by atoms with van der Waals surface area (Å²) >= 11 is 0. The van der Waals surface area contributed by atoms with Crippen molar-refractivity contribution in [2.24, 2.45) is 5.92 Å². The van der Waals surface area contributed by atoms with Crippen LogP contribution in [0.1, 0.15) is 12.5 Å². The third kappa shape index (κ3) is 4.64. The van der Waals surface area contributed by atoms with Crippen LogP contribution in [0, 0.1) is 23.1 Å². The zero-order valence-corrected chi connectivity index (χ0v) is 10.7. The number of carbonyl (C=O) groups excluding carboxylic acids is 1. The van der Waals surface area contributed by atoms with Gasteiger partial charge in [0.15, 0.2) is 5.78 Å². The highest BCUT2D eigenvalue weighted by Gasteiger charge is 2.12. The summed E-state index contributed by atoms with van der Waals surface area (Å²) in [5.41, 5.74) is 0.421. The van der Waals surface area contributed by atoms with E-state index in [9.17, 15) is 9.18 Å². The minimum Gasteiger partial charge on any atom is -0.298 e. The third-order valence-electron chi connectivity index (χ3n) is 2.60. The van der Waals surface area contributed by atoms with Crippen molar-refractivity contribution < 1.29 is 9.18 Å². The van der Waals surface area contributed by atoms with Gasteiger partial charge in [-0.05, 0) is 25.6 Å². The minimum absolute atomic E-state index is 0.0484. The summed E-state index contributed by atoms with van der Waals surface area (Å²) in [6, 6.07) is 8.40. The third-order valence-corrected chi connectivity index (χ3v) is 2.60. The Morgan fingerprint density at radius 2 is 2.17 bits per heavy atom. The van der Waals surface area contributed by atoms with Gasteiger partial charge in [-0.15, -0.1) is 0 Å². The first-order chi connectivity index (χ1) is 8.52. The lowest BCUT2D eigenvalue weighted by Gasteiger charge is -2.16. The average molecular weight is 248 g/mol. The number of halogens is 1. The molecule has 4 heteroatoms. The molecule has 0 saturated heterocycles. The summed E-state index contributed by atoms with van der Waals surface area (Å²) in [6.45, 7) is 2.58. The highest BCUT2D eigenvalue weighted by Crippen LogP contribution is 2.08. The average Bonchev–Trinajstić information content (AvgIpc) is 2.31. The summed E-state index contributed by atoms with van der Waals surface area (Å²) in [7, 11) is 1.78. The number of nitrogens with zero attached hydrogens (tertiary/aromatic N) is 2. The fourth-order valence-electron chi connectivity index (χ4n) is 1.78. The lowest BCUT2D eigenvalue weighted by Crippen LogP contribution is -2.30. The number of benzene rings is 1. The molecular formula is C14H17FN2O. The molecule has 0 spiro atoms. The van der Waals surface area contributed by atoms with Gasteiger partial charge in [-0.25, -0.2) is 4.39 Å². The molecule has 3 nitrogen and oxygen atoms in total. The monoisotopic (exact) mass is 248 g/mol. The highest BCUT2D eigenvalue weighted by atomic mass is 19.1. The summed E-state index contributed by atoms with van der Waals surface area (Å²) in [5.74, 6) is -0.511. The Balaban J connectivity index is 2.48. The van der Waals surface area contributed by atoms with E-state index in [1.807, 2.05) is 0 Å². The second-order valence-electron chi connectivity index (χ2n) is 4.53. The van der Waals surface area contributed by atoms with Crippen LogP contribution in [0.5, 0.6) is 0 Å². The molecule has 0 aliphatic rings. The smallest absolute Gasteiger partial charge is 0.151 e. The first-order valence-corrected chi connectivity index (χ1v) is 5.86. The zero-order valence-electron chi connectivity index (χ0n) is 10.7. The summed E-state index contributed by atoms with van der Waals surface area (Å²) in [6.07, 6.45) is 0.0952. The molecule has 0 aromatic heterocycles. The fourth-order valence-corrected chi connectivity index (χ4v) is 1.78. The van der Waals surface area contributed by atoms with Crippen LogP contribution in [0.4, 0.5) is 4.39 Å².